The number of fused-ring (bicyclic) bond motifs is 1. The third kappa shape index (κ3) is 3.36. The molecule has 0 unspecified atom stereocenters. The Morgan fingerprint density at radius 1 is 1.33 bits per heavy atom. The van der Waals surface area contributed by atoms with Gasteiger partial charge in [0, 0.05) is 32.2 Å². The second kappa shape index (κ2) is 6.93. The van der Waals surface area contributed by atoms with Crippen molar-refractivity contribution >= 4 is 50.2 Å². The van der Waals surface area contributed by atoms with Gasteiger partial charge in [0.1, 0.15) is 0 Å². The van der Waals surface area contributed by atoms with E-state index in [4.69, 9.17) is 4.74 Å². The highest BCUT2D eigenvalue weighted by molar-refractivity contribution is 7.22. The van der Waals surface area contributed by atoms with E-state index in [0.717, 1.165) is 9.60 Å². The van der Waals surface area contributed by atoms with Crippen molar-refractivity contribution in [3.8, 4) is 0 Å². The van der Waals surface area contributed by atoms with E-state index in [-0.39, 0.29) is 30.7 Å². The van der Waals surface area contributed by atoms with Gasteiger partial charge in [-0.05, 0) is 18.2 Å². The molecule has 1 aromatic heterocycles. The molecule has 24 heavy (non-hydrogen) atoms. The average Bonchev–Trinajstić information content (AvgIpc) is 3.10. The fraction of sp³-hybridized carbons (Fsp3) is 0.333. The Hall–Kier alpha value is -2.52. The van der Waals surface area contributed by atoms with E-state index in [0.29, 0.717) is 29.5 Å². The Balaban J connectivity index is 1.75. The maximum atomic E-state index is 11.8. The van der Waals surface area contributed by atoms with Crippen LogP contribution in [0.5, 0.6) is 0 Å². The van der Waals surface area contributed by atoms with Crippen LogP contribution in [0.4, 0.5) is 15.6 Å². The van der Waals surface area contributed by atoms with Crippen molar-refractivity contribution in [2.24, 2.45) is 0 Å². The summed E-state index contributed by atoms with van der Waals surface area (Å²) in [5.41, 5.74) is 1.28. The molecule has 0 spiro atoms. The third-order valence-electron chi connectivity index (χ3n) is 3.47. The molecule has 1 aromatic carbocycles. The first-order chi connectivity index (χ1) is 11.6. The summed E-state index contributed by atoms with van der Waals surface area (Å²) in [6.45, 7) is 0.844. The Morgan fingerprint density at radius 3 is 2.79 bits per heavy atom. The highest BCUT2D eigenvalue weighted by Gasteiger charge is 2.32. The lowest BCUT2D eigenvalue weighted by atomic mass is 10.3. The number of nitrogens with zero attached hydrogens (tertiary/aromatic N) is 2. The molecule has 8 nitrogen and oxygen atoms in total. The number of hydrogen-bond acceptors (Lipinski definition) is 6. The van der Waals surface area contributed by atoms with Gasteiger partial charge < -0.3 is 15.4 Å². The summed E-state index contributed by atoms with van der Waals surface area (Å²) in [6.07, 6.45) is 0.451. The lowest BCUT2D eigenvalue weighted by Gasteiger charge is -2.07. The molecular formula is C15H16N4O4S. The van der Waals surface area contributed by atoms with Crippen LogP contribution < -0.4 is 15.5 Å². The minimum Gasteiger partial charge on any atom is -0.383 e. The summed E-state index contributed by atoms with van der Waals surface area (Å²) in [7, 11) is 1.56. The molecule has 1 aliphatic rings. The smallest absolute Gasteiger partial charge is 0.319 e. The molecule has 0 radical (unpaired) electrons. The van der Waals surface area contributed by atoms with Gasteiger partial charge >= 0.3 is 6.03 Å². The Labute approximate surface area is 141 Å². The molecular weight excluding hydrogens is 332 g/mol. The van der Waals surface area contributed by atoms with Crippen molar-refractivity contribution < 1.29 is 19.1 Å². The number of carbonyl (C=O) groups is 3. The Kier molecular flexibility index (Phi) is 4.72. The molecule has 2 heterocycles. The van der Waals surface area contributed by atoms with Crippen LogP contribution in [0.2, 0.25) is 0 Å². The normalized spacial score (nSPS) is 14.5. The quantitative estimate of drug-likeness (QED) is 0.633. The second-order valence-corrected chi connectivity index (χ2v) is 6.18. The van der Waals surface area contributed by atoms with Crippen LogP contribution in [0, 0.1) is 0 Å². The molecule has 1 saturated heterocycles. The standard InChI is InChI=1S/C15H16N4O4S/c1-23-7-6-16-14(22)17-9-2-3-10-11(8-9)24-15(18-10)19-12(20)4-5-13(19)21/h2-3,8H,4-7H2,1H3,(H2,16,17,22). The first-order valence-electron chi connectivity index (χ1n) is 7.38. The monoisotopic (exact) mass is 348 g/mol. The molecule has 2 aromatic rings. The summed E-state index contributed by atoms with van der Waals surface area (Å²) < 4.78 is 5.64. The second-order valence-electron chi connectivity index (χ2n) is 5.18. The number of aromatic nitrogens is 1. The van der Waals surface area contributed by atoms with Crippen LogP contribution in [-0.4, -0.2) is 43.1 Å². The number of imide groups is 1. The van der Waals surface area contributed by atoms with E-state index in [1.54, 1.807) is 25.3 Å². The SMILES string of the molecule is COCCNC(=O)Nc1ccc2nc(N3C(=O)CCC3=O)sc2c1. The van der Waals surface area contributed by atoms with E-state index < -0.39 is 0 Å². The number of ether oxygens (including phenoxy) is 1. The first-order valence-corrected chi connectivity index (χ1v) is 8.20. The molecule has 9 heteroatoms. The van der Waals surface area contributed by atoms with E-state index in [1.807, 2.05) is 0 Å². The highest BCUT2D eigenvalue weighted by Crippen LogP contribution is 2.33. The van der Waals surface area contributed by atoms with Crippen LogP contribution in [0.25, 0.3) is 10.2 Å². The zero-order chi connectivity index (χ0) is 17.1. The number of amides is 4. The summed E-state index contributed by atoms with van der Waals surface area (Å²) in [4.78, 5) is 40.8. The van der Waals surface area contributed by atoms with Crippen molar-refractivity contribution in [3.63, 3.8) is 0 Å². The molecule has 1 fully saturated rings. The topological polar surface area (TPSA) is 101 Å². The fourth-order valence-electron chi connectivity index (χ4n) is 2.32. The minimum absolute atomic E-state index is 0.225. The summed E-state index contributed by atoms with van der Waals surface area (Å²) in [5, 5.41) is 5.75. The zero-order valence-electron chi connectivity index (χ0n) is 13.0. The number of thiazole rings is 1. The van der Waals surface area contributed by atoms with Gasteiger partial charge in [-0.3, -0.25) is 9.59 Å². The highest BCUT2D eigenvalue weighted by atomic mass is 32.1. The van der Waals surface area contributed by atoms with Gasteiger partial charge in [-0.25, -0.2) is 14.7 Å². The van der Waals surface area contributed by atoms with Crippen LogP contribution in [0.1, 0.15) is 12.8 Å². The number of anilines is 2. The van der Waals surface area contributed by atoms with Crippen molar-refractivity contribution in [1.82, 2.24) is 10.3 Å². The van der Waals surface area contributed by atoms with E-state index in [1.165, 1.54) is 11.3 Å². The first kappa shape index (κ1) is 16.3. The summed E-state index contributed by atoms with van der Waals surface area (Å²) >= 11 is 1.25. The number of hydrogen-bond donors (Lipinski definition) is 2. The molecule has 126 valence electrons. The number of benzene rings is 1. The molecule has 4 amide bonds. The van der Waals surface area contributed by atoms with Gasteiger partial charge in [0.25, 0.3) is 0 Å². The lowest BCUT2D eigenvalue weighted by Crippen LogP contribution is -2.31. The van der Waals surface area contributed by atoms with Gasteiger partial charge in [-0.15, -0.1) is 0 Å². The van der Waals surface area contributed by atoms with Crippen LogP contribution in [0.15, 0.2) is 18.2 Å². The number of methoxy groups -OCH3 is 1. The largest absolute Gasteiger partial charge is 0.383 e. The fourth-order valence-corrected chi connectivity index (χ4v) is 3.36. The van der Waals surface area contributed by atoms with Gasteiger partial charge in [0.05, 0.1) is 16.8 Å². The van der Waals surface area contributed by atoms with E-state index in [9.17, 15) is 14.4 Å². The summed E-state index contributed by atoms with van der Waals surface area (Å²) in [5.74, 6) is -0.454. The molecule has 2 N–H and O–H groups in total. The summed E-state index contributed by atoms with van der Waals surface area (Å²) in [6, 6.07) is 4.89. The van der Waals surface area contributed by atoms with E-state index >= 15 is 0 Å². The molecule has 1 aliphatic heterocycles. The number of urea groups is 1. The maximum Gasteiger partial charge on any atom is 0.319 e. The van der Waals surface area contributed by atoms with Gasteiger partial charge in [0.2, 0.25) is 11.8 Å². The van der Waals surface area contributed by atoms with Gasteiger partial charge in [-0.1, -0.05) is 11.3 Å². The Bertz CT molecular complexity index is 788. The predicted molar refractivity (Wildman–Crippen MR) is 90.2 cm³/mol. The Morgan fingerprint density at radius 2 is 2.08 bits per heavy atom. The molecule has 3 rings (SSSR count). The zero-order valence-corrected chi connectivity index (χ0v) is 13.8. The number of rotatable bonds is 5. The average molecular weight is 348 g/mol. The predicted octanol–water partition coefficient (Wildman–Crippen LogP) is 1.72. The van der Waals surface area contributed by atoms with E-state index in [2.05, 4.69) is 15.6 Å². The molecule has 0 saturated carbocycles. The van der Waals surface area contributed by atoms with Crippen LogP contribution in [0.3, 0.4) is 0 Å². The van der Waals surface area contributed by atoms with Crippen molar-refractivity contribution in [2.45, 2.75) is 12.8 Å². The maximum absolute atomic E-state index is 11.8. The van der Waals surface area contributed by atoms with Crippen LogP contribution >= 0.6 is 11.3 Å². The molecule has 0 bridgehead atoms. The van der Waals surface area contributed by atoms with Crippen molar-refractivity contribution in [1.29, 1.82) is 0 Å². The molecule has 0 atom stereocenters. The van der Waals surface area contributed by atoms with Gasteiger partial charge in [-0.2, -0.15) is 0 Å². The lowest BCUT2D eigenvalue weighted by molar-refractivity contribution is -0.121. The molecule has 0 aliphatic carbocycles. The van der Waals surface area contributed by atoms with Crippen molar-refractivity contribution in [2.75, 3.05) is 30.5 Å². The van der Waals surface area contributed by atoms with Gasteiger partial charge in [0.15, 0.2) is 5.13 Å². The van der Waals surface area contributed by atoms with Crippen LogP contribution in [-0.2, 0) is 14.3 Å². The number of carbonyl (C=O) groups excluding carboxylic acids is 3. The van der Waals surface area contributed by atoms with Crippen molar-refractivity contribution in [3.05, 3.63) is 18.2 Å². The minimum atomic E-state index is -0.332. The number of nitrogens with one attached hydrogen (secondary N) is 2. The third-order valence-corrected chi connectivity index (χ3v) is 4.47.